The predicted molar refractivity (Wildman–Crippen MR) is 113 cm³/mol. The molecule has 0 aliphatic heterocycles. The summed E-state index contributed by atoms with van der Waals surface area (Å²) >= 11 is 0. The Bertz CT molecular complexity index is 1010. The molecule has 0 unspecified atom stereocenters. The Morgan fingerprint density at radius 1 is 1.17 bits per heavy atom. The van der Waals surface area contributed by atoms with E-state index in [0.29, 0.717) is 18.0 Å². The number of hydrogen-bond donors (Lipinski definition) is 1. The van der Waals surface area contributed by atoms with Crippen LogP contribution in [0.4, 0.5) is 10.1 Å². The van der Waals surface area contributed by atoms with Crippen LogP contribution in [0.15, 0.2) is 48.5 Å². The van der Waals surface area contributed by atoms with Crippen LogP contribution in [-0.2, 0) is 4.79 Å². The molecule has 0 spiro atoms. The number of nitrogens with zero attached hydrogens (tertiary/aromatic N) is 3. The standard InChI is InChI=1S/C23H25FN4O2/c1-2-30-23-26-21(17-9-6-10-18(24)15-17)28(27-23)20-13-11-19(12-14-20)25-22(29)16-7-4-3-5-8-16/h6,9-16H,2-5,7-8H2,1H3,(H,25,29). The first-order valence-corrected chi connectivity index (χ1v) is 10.4. The van der Waals surface area contributed by atoms with E-state index in [9.17, 15) is 9.18 Å². The Labute approximate surface area is 175 Å². The SMILES string of the molecule is CCOc1nc(-c2cccc(F)c2)n(-c2ccc(NC(=O)C3CCCCC3)cc2)n1. The van der Waals surface area contributed by atoms with Crippen molar-refractivity contribution >= 4 is 11.6 Å². The average Bonchev–Trinajstić information content (AvgIpc) is 3.19. The summed E-state index contributed by atoms with van der Waals surface area (Å²) in [6.07, 6.45) is 5.37. The highest BCUT2D eigenvalue weighted by Gasteiger charge is 2.21. The average molecular weight is 408 g/mol. The molecule has 2 aromatic carbocycles. The van der Waals surface area contributed by atoms with Gasteiger partial charge in [0.1, 0.15) is 5.82 Å². The minimum absolute atomic E-state index is 0.0855. The molecule has 1 amide bonds. The summed E-state index contributed by atoms with van der Waals surface area (Å²) in [5.74, 6) is 0.321. The van der Waals surface area contributed by atoms with E-state index in [0.717, 1.165) is 37.1 Å². The normalized spacial score (nSPS) is 14.5. The molecule has 1 N–H and O–H groups in total. The molecule has 0 saturated heterocycles. The third-order valence-electron chi connectivity index (χ3n) is 5.30. The van der Waals surface area contributed by atoms with E-state index in [1.165, 1.54) is 18.6 Å². The first-order valence-electron chi connectivity index (χ1n) is 10.4. The maximum Gasteiger partial charge on any atom is 0.336 e. The summed E-state index contributed by atoms with van der Waals surface area (Å²) in [5.41, 5.74) is 2.08. The van der Waals surface area contributed by atoms with Gasteiger partial charge in [0.15, 0.2) is 5.82 Å². The lowest BCUT2D eigenvalue weighted by Gasteiger charge is -2.20. The molecule has 4 rings (SSSR count). The molecule has 1 saturated carbocycles. The number of halogens is 1. The molecule has 3 aromatic rings. The molecule has 1 aliphatic rings. The highest BCUT2D eigenvalue weighted by atomic mass is 19.1. The maximum atomic E-state index is 13.7. The highest BCUT2D eigenvalue weighted by molar-refractivity contribution is 5.92. The van der Waals surface area contributed by atoms with Crippen LogP contribution < -0.4 is 10.1 Å². The van der Waals surface area contributed by atoms with E-state index < -0.39 is 0 Å². The maximum absolute atomic E-state index is 13.7. The zero-order valence-corrected chi connectivity index (χ0v) is 17.0. The smallest absolute Gasteiger partial charge is 0.336 e. The van der Waals surface area contributed by atoms with Crippen LogP contribution in [0.5, 0.6) is 6.01 Å². The van der Waals surface area contributed by atoms with Gasteiger partial charge in [-0.2, -0.15) is 4.98 Å². The van der Waals surface area contributed by atoms with Crippen molar-refractivity contribution in [3.63, 3.8) is 0 Å². The van der Waals surface area contributed by atoms with Crippen molar-refractivity contribution in [1.29, 1.82) is 0 Å². The molecular formula is C23H25FN4O2. The lowest BCUT2D eigenvalue weighted by Crippen LogP contribution is -2.24. The number of nitrogens with one attached hydrogen (secondary N) is 1. The lowest BCUT2D eigenvalue weighted by atomic mass is 9.88. The minimum atomic E-state index is -0.346. The van der Waals surface area contributed by atoms with Gasteiger partial charge < -0.3 is 10.1 Å². The number of amides is 1. The zero-order valence-electron chi connectivity index (χ0n) is 17.0. The molecule has 0 radical (unpaired) electrons. The molecular weight excluding hydrogens is 383 g/mol. The molecule has 156 valence electrons. The van der Waals surface area contributed by atoms with Crippen LogP contribution in [0, 0.1) is 11.7 Å². The summed E-state index contributed by atoms with van der Waals surface area (Å²) < 4.78 is 20.8. The quantitative estimate of drug-likeness (QED) is 0.624. The van der Waals surface area contributed by atoms with E-state index >= 15 is 0 Å². The molecule has 1 heterocycles. The molecule has 0 bridgehead atoms. The van der Waals surface area contributed by atoms with Gasteiger partial charge in [0.2, 0.25) is 5.91 Å². The molecule has 6 nitrogen and oxygen atoms in total. The minimum Gasteiger partial charge on any atom is -0.463 e. The molecule has 7 heteroatoms. The molecule has 1 fully saturated rings. The van der Waals surface area contributed by atoms with Crippen LogP contribution in [0.2, 0.25) is 0 Å². The van der Waals surface area contributed by atoms with Crippen LogP contribution >= 0.6 is 0 Å². The van der Waals surface area contributed by atoms with Crippen LogP contribution in [0.3, 0.4) is 0 Å². The van der Waals surface area contributed by atoms with Gasteiger partial charge in [-0.15, -0.1) is 5.10 Å². The second-order valence-electron chi connectivity index (χ2n) is 7.44. The number of carbonyl (C=O) groups is 1. The molecule has 30 heavy (non-hydrogen) atoms. The Kier molecular flexibility index (Phi) is 6.07. The largest absolute Gasteiger partial charge is 0.463 e. The Hall–Kier alpha value is -3.22. The number of ether oxygens (including phenoxy) is 1. The molecule has 0 atom stereocenters. The summed E-state index contributed by atoms with van der Waals surface area (Å²) in [6, 6.07) is 13.8. The second kappa shape index (κ2) is 9.07. The zero-order chi connectivity index (χ0) is 20.9. The van der Waals surface area contributed by atoms with Crippen molar-refractivity contribution in [2.24, 2.45) is 5.92 Å². The monoisotopic (exact) mass is 408 g/mol. The van der Waals surface area contributed by atoms with Crippen molar-refractivity contribution in [1.82, 2.24) is 14.8 Å². The second-order valence-corrected chi connectivity index (χ2v) is 7.44. The van der Waals surface area contributed by atoms with Gasteiger partial charge in [-0.25, -0.2) is 9.07 Å². The van der Waals surface area contributed by atoms with Crippen molar-refractivity contribution in [3.8, 4) is 23.1 Å². The van der Waals surface area contributed by atoms with Crippen LogP contribution in [-0.4, -0.2) is 27.3 Å². The predicted octanol–water partition coefficient (Wildman–Crippen LogP) is 4.99. The van der Waals surface area contributed by atoms with Gasteiger partial charge in [-0.05, 0) is 56.2 Å². The number of carbonyl (C=O) groups excluding carboxylic acids is 1. The van der Waals surface area contributed by atoms with Crippen LogP contribution in [0.25, 0.3) is 17.1 Å². The first-order chi connectivity index (χ1) is 14.6. The van der Waals surface area contributed by atoms with Gasteiger partial charge >= 0.3 is 6.01 Å². The number of anilines is 1. The fourth-order valence-electron chi connectivity index (χ4n) is 3.77. The third-order valence-corrected chi connectivity index (χ3v) is 5.30. The van der Waals surface area contributed by atoms with E-state index in [4.69, 9.17) is 4.74 Å². The fraction of sp³-hybridized carbons (Fsp3) is 0.348. The van der Waals surface area contributed by atoms with Crippen molar-refractivity contribution in [2.45, 2.75) is 39.0 Å². The van der Waals surface area contributed by atoms with E-state index in [1.54, 1.807) is 16.8 Å². The number of aromatic nitrogens is 3. The van der Waals surface area contributed by atoms with E-state index in [1.807, 2.05) is 31.2 Å². The third kappa shape index (κ3) is 4.50. The summed E-state index contributed by atoms with van der Waals surface area (Å²) in [6.45, 7) is 2.28. The van der Waals surface area contributed by atoms with Gasteiger partial charge in [-0.1, -0.05) is 31.4 Å². The number of benzene rings is 2. The lowest BCUT2D eigenvalue weighted by molar-refractivity contribution is -0.120. The summed E-state index contributed by atoms with van der Waals surface area (Å²) in [4.78, 5) is 16.9. The van der Waals surface area contributed by atoms with E-state index in [2.05, 4.69) is 15.4 Å². The van der Waals surface area contributed by atoms with Gasteiger partial charge in [0.05, 0.1) is 12.3 Å². The highest BCUT2D eigenvalue weighted by Crippen LogP contribution is 2.27. The number of rotatable bonds is 6. The van der Waals surface area contributed by atoms with Crippen LogP contribution in [0.1, 0.15) is 39.0 Å². The molecule has 1 aliphatic carbocycles. The number of hydrogen-bond acceptors (Lipinski definition) is 4. The Morgan fingerprint density at radius 2 is 1.93 bits per heavy atom. The van der Waals surface area contributed by atoms with Crippen molar-refractivity contribution in [3.05, 3.63) is 54.3 Å². The fourth-order valence-corrected chi connectivity index (χ4v) is 3.77. The van der Waals surface area contributed by atoms with Gasteiger partial charge in [0.25, 0.3) is 0 Å². The first kappa shape index (κ1) is 20.1. The summed E-state index contributed by atoms with van der Waals surface area (Å²) in [5, 5.41) is 7.42. The topological polar surface area (TPSA) is 69.0 Å². The summed E-state index contributed by atoms with van der Waals surface area (Å²) in [7, 11) is 0. The van der Waals surface area contributed by atoms with Crippen molar-refractivity contribution < 1.29 is 13.9 Å². The molecule has 1 aromatic heterocycles. The Balaban J connectivity index is 1.58. The van der Waals surface area contributed by atoms with Gasteiger partial charge in [0, 0.05) is 17.2 Å². The van der Waals surface area contributed by atoms with Crippen molar-refractivity contribution in [2.75, 3.05) is 11.9 Å². The Morgan fingerprint density at radius 3 is 2.63 bits per heavy atom. The van der Waals surface area contributed by atoms with Gasteiger partial charge in [-0.3, -0.25) is 4.79 Å². The van der Waals surface area contributed by atoms with E-state index in [-0.39, 0.29) is 23.7 Å².